The van der Waals surface area contributed by atoms with Crippen LogP contribution in [0.5, 0.6) is 0 Å². The second-order valence-electron chi connectivity index (χ2n) is 4.54. The summed E-state index contributed by atoms with van der Waals surface area (Å²) in [6.45, 7) is 0. The average Bonchev–Trinajstić information content (AvgIpc) is 2.96. The van der Waals surface area contributed by atoms with Gasteiger partial charge in [-0.1, -0.05) is 40.2 Å². The van der Waals surface area contributed by atoms with Crippen LogP contribution < -0.4 is 4.57 Å². The summed E-state index contributed by atoms with van der Waals surface area (Å²) in [5.41, 5.74) is 2.30. The predicted octanol–water partition coefficient (Wildman–Crippen LogP) is 4.82. The third-order valence-electron chi connectivity index (χ3n) is 2.80. The second-order valence-corrected chi connectivity index (χ2v) is 5.45. The topological polar surface area (TPSA) is 8.81 Å². The summed E-state index contributed by atoms with van der Waals surface area (Å²) >= 11 is 3.49. The molecule has 0 aliphatic heterocycles. The van der Waals surface area contributed by atoms with Crippen LogP contribution in [0, 0.1) is 0 Å². The minimum atomic E-state index is -6.00. The molecule has 0 atom stereocenters. The van der Waals surface area contributed by atoms with E-state index in [9.17, 15) is 17.3 Å². The van der Waals surface area contributed by atoms with Gasteiger partial charge in [0.25, 0.3) is 6.33 Å². The standard InChI is InChI=1S/C15H12BrN2.BF4/c16-13-5-4-8-15(11-13)18-10-9-17(12-18)14-6-2-1-3-7-14;2-1(3,4)5/h1-12H;/q+1;-1. The van der Waals surface area contributed by atoms with Crippen LogP contribution in [-0.2, 0) is 0 Å². The maximum absolute atomic E-state index is 9.75. The van der Waals surface area contributed by atoms with Crippen LogP contribution in [0.1, 0.15) is 0 Å². The molecule has 2 nitrogen and oxygen atoms in total. The third kappa shape index (κ3) is 5.90. The molecule has 2 aromatic carbocycles. The molecule has 0 bridgehead atoms. The molecule has 0 aliphatic carbocycles. The lowest BCUT2D eigenvalue weighted by molar-refractivity contribution is -0.594. The number of benzene rings is 2. The van der Waals surface area contributed by atoms with Gasteiger partial charge >= 0.3 is 7.25 Å². The first-order valence-corrected chi connectivity index (χ1v) is 7.40. The second kappa shape index (κ2) is 7.46. The Labute approximate surface area is 139 Å². The molecule has 0 spiro atoms. The van der Waals surface area contributed by atoms with Crippen molar-refractivity contribution in [1.82, 2.24) is 4.57 Å². The quantitative estimate of drug-likeness (QED) is 0.339. The first kappa shape index (κ1) is 17.3. The van der Waals surface area contributed by atoms with Crippen LogP contribution in [0.15, 0.2) is 77.8 Å². The zero-order chi connectivity index (χ0) is 16.9. The summed E-state index contributed by atoms with van der Waals surface area (Å²) in [5.74, 6) is 0. The van der Waals surface area contributed by atoms with Crippen LogP contribution in [-0.4, -0.2) is 11.8 Å². The van der Waals surface area contributed by atoms with Crippen LogP contribution >= 0.6 is 15.9 Å². The minimum absolute atomic E-state index is 1.08. The lowest BCUT2D eigenvalue weighted by atomic mass is 10.3. The van der Waals surface area contributed by atoms with E-state index < -0.39 is 7.25 Å². The van der Waals surface area contributed by atoms with Gasteiger partial charge in [0.05, 0.1) is 0 Å². The molecule has 0 saturated heterocycles. The highest BCUT2D eigenvalue weighted by Gasteiger charge is 2.20. The number of imidazole rings is 1. The number of hydrogen-bond acceptors (Lipinski definition) is 0. The normalized spacial score (nSPS) is 10.8. The Hall–Kier alpha value is -2.09. The van der Waals surface area contributed by atoms with Gasteiger partial charge in [-0.05, 0) is 30.3 Å². The van der Waals surface area contributed by atoms with Gasteiger partial charge in [0, 0.05) is 4.47 Å². The van der Waals surface area contributed by atoms with Gasteiger partial charge in [-0.25, -0.2) is 9.13 Å². The van der Waals surface area contributed by atoms with Crippen molar-refractivity contribution in [3.8, 4) is 11.4 Å². The average molecular weight is 387 g/mol. The van der Waals surface area contributed by atoms with E-state index in [0.29, 0.717) is 0 Å². The van der Waals surface area contributed by atoms with Crippen LogP contribution in [0.2, 0.25) is 0 Å². The van der Waals surface area contributed by atoms with Crippen molar-refractivity contribution in [3.05, 3.63) is 77.8 Å². The van der Waals surface area contributed by atoms with E-state index in [1.54, 1.807) is 0 Å². The Morgan fingerprint density at radius 1 is 0.913 bits per heavy atom. The molecule has 120 valence electrons. The van der Waals surface area contributed by atoms with Crippen LogP contribution in [0.4, 0.5) is 17.3 Å². The largest absolute Gasteiger partial charge is 0.673 e. The zero-order valence-corrected chi connectivity index (χ0v) is 13.4. The molecule has 0 amide bonds. The molecule has 0 N–H and O–H groups in total. The van der Waals surface area contributed by atoms with E-state index in [1.807, 2.05) is 30.3 Å². The van der Waals surface area contributed by atoms with Crippen molar-refractivity contribution < 1.29 is 21.8 Å². The molecule has 23 heavy (non-hydrogen) atoms. The molecule has 0 radical (unpaired) electrons. The molecule has 3 aromatic rings. The number of nitrogens with zero attached hydrogens (tertiary/aromatic N) is 2. The molecule has 8 heteroatoms. The van der Waals surface area contributed by atoms with Gasteiger partial charge < -0.3 is 17.3 Å². The molecule has 0 unspecified atom stereocenters. The Morgan fingerprint density at radius 2 is 1.57 bits per heavy atom. The van der Waals surface area contributed by atoms with Crippen molar-refractivity contribution in [1.29, 1.82) is 0 Å². The number of halogens is 5. The Balaban J connectivity index is 0.000000338. The molecule has 1 heterocycles. The first-order chi connectivity index (χ1) is 10.8. The number of para-hydroxylation sites is 1. The van der Waals surface area contributed by atoms with E-state index in [1.165, 1.54) is 0 Å². The Bertz CT molecular complexity index is 753. The van der Waals surface area contributed by atoms with Gasteiger partial charge in [-0.15, -0.1) is 0 Å². The highest BCUT2D eigenvalue weighted by Crippen LogP contribution is 2.14. The van der Waals surface area contributed by atoms with Crippen molar-refractivity contribution >= 4 is 23.2 Å². The molecule has 0 saturated carbocycles. The third-order valence-corrected chi connectivity index (χ3v) is 3.29. The van der Waals surface area contributed by atoms with Crippen molar-refractivity contribution in [3.63, 3.8) is 0 Å². The highest BCUT2D eigenvalue weighted by atomic mass is 79.9. The van der Waals surface area contributed by atoms with Gasteiger partial charge in [0.1, 0.15) is 23.8 Å². The first-order valence-electron chi connectivity index (χ1n) is 6.61. The monoisotopic (exact) mass is 386 g/mol. The fourth-order valence-electron chi connectivity index (χ4n) is 1.90. The number of hydrogen-bond donors (Lipinski definition) is 0. The summed E-state index contributed by atoms with van der Waals surface area (Å²) < 4.78 is 44.3. The molecule has 3 rings (SSSR count). The molecular formula is C15H12BBrF4N2. The van der Waals surface area contributed by atoms with Gasteiger partial charge in [0.15, 0.2) is 0 Å². The van der Waals surface area contributed by atoms with Gasteiger partial charge in [-0.2, -0.15) is 0 Å². The molecular weight excluding hydrogens is 375 g/mol. The summed E-state index contributed by atoms with van der Waals surface area (Å²) in [5, 5.41) is 0. The predicted molar refractivity (Wildman–Crippen MR) is 85.2 cm³/mol. The van der Waals surface area contributed by atoms with E-state index in [-0.39, 0.29) is 0 Å². The molecule has 0 fully saturated rings. The van der Waals surface area contributed by atoms with Crippen LogP contribution in [0.3, 0.4) is 0 Å². The summed E-state index contributed by atoms with van der Waals surface area (Å²) in [6.07, 6.45) is 6.17. The van der Waals surface area contributed by atoms with Crippen LogP contribution in [0.25, 0.3) is 11.4 Å². The number of rotatable bonds is 2. The zero-order valence-electron chi connectivity index (χ0n) is 11.8. The Morgan fingerprint density at radius 3 is 2.17 bits per heavy atom. The van der Waals surface area contributed by atoms with Gasteiger partial charge in [-0.3, -0.25) is 0 Å². The van der Waals surface area contributed by atoms with Crippen molar-refractivity contribution in [2.75, 3.05) is 0 Å². The van der Waals surface area contributed by atoms with Gasteiger partial charge in [0.2, 0.25) is 0 Å². The van der Waals surface area contributed by atoms with E-state index in [2.05, 4.69) is 68.1 Å². The van der Waals surface area contributed by atoms with E-state index in [4.69, 9.17) is 0 Å². The smallest absolute Gasteiger partial charge is 0.418 e. The van der Waals surface area contributed by atoms with E-state index in [0.717, 1.165) is 15.8 Å². The fourth-order valence-corrected chi connectivity index (χ4v) is 2.28. The lowest BCUT2D eigenvalue weighted by Gasteiger charge is -1.96. The van der Waals surface area contributed by atoms with E-state index >= 15 is 0 Å². The highest BCUT2D eigenvalue weighted by molar-refractivity contribution is 9.10. The SMILES string of the molecule is Brc1cccc(-n2cc[n+](-c3ccccc3)c2)c1.F[B-](F)(F)F. The minimum Gasteiger partial charge on any atom is -0.418 e. The maximum atomic E-state index is 9.75. The summed E-state index contributed by atoms with van der Waals surface area (Å²) in [7, 11) is -6.00. The Kier molecular flexibility index (Phi) is 5.60. The summed E-state index contributed by atoms with van der Waals surface area (Å²) in [6, 6.07) is 18.5. The van der Waals surface area contributed by atoms with Crippen molar-refractivity contribution in [2.24, 2.45) is 0 Å². The number of aromatic nitrogens is 2. The molecule has 0 aliphatic rings. The fraction of sp³-hybridized carbons (Fsp3) is 0. The van der Waals surface area contributed by atoms with Crippen molar-refractivity contribution in [2.45, 2.75) is 0 Å². The summed E-state index contributed by atoms with van der Waals surface area (Å²) in [4.78, 5) is 0. The molecule has 1 aromatic heterocycles. The lowest BCUT2D eigenvalue weighted by Crippen LogP contribution is -2.27. The maximum Gasteiger partial charge on any atom is 0.673 e.